The fourth-order valence-electron chi connectivity index (χ4n) is 2.29. The third-order valence-corrected chi connectivity index (χ3v) is 3.24. The summed E-state index contributed by atoms with van der Waals surface area (Å²) >= 11 is 0. The molecular formula is C12H15N3O2. The Morgan fingerprint density at radius 1 is 1.29 bits per heavy atom. The molecule has 0 amide bonds. The van der Waals surface area contributed by atoms with Gasteiger partial charge in [-0.2, -0.15) is 4.98 Å². The van der Waals surface area contributed by atoms with Gasteiger partial charge in [0.1, 0.15) is 5.76 Å². The van der Waals surface area contributed by atoms with Crippen molar-refractivity contribution < 1.29 is 8.94 Å². The normalized spacial score (nSPS) is 16.8. The van der Waals surface area contributed by atoms with Crippen LogP contribution < -0.4 is 5.73 Å². The van der Waals surface area contributed by atoms with Crippen LogP contribution in [0.1, 0.15) is 43.2 Å². The summed E-state index contributed by atoms with van der Waals surface area (Å²) in [5.74, 6) is 3.04. The molecule has 1 aliphatic carbocycles. The summed E-state index contributed by atoms with van der Waals surface area (Å²) in [6.07, 6.45) is 4.83. The van der Waals surface area contributed by atoms with Gasteiger partial charge in [-0.25, -0.2) is 0 Å². The minimum absolute atomic E-state index is 0.379. The molecule has 0 atom stereocenters. The predicted molar refractivity (Wildman–Crippen MR) is 61.1 cm³/mol. The SMILES string of the molecule is NCc1ccc(-c2nc(C3CCCC3)no2)o1. The summed E-state index contributed by atoms with van der Waals surface area (Å²) in [5.41, 5.74) is 5.49. The zero-order valence-electron chi connectivity index (χ0n) is 9.56. The fraction of sp³-hybridized carbons (Fsp3) is 0.500. The highest BCUT2D eigenvalue weighted by Crippen LogP contribution is 2.33. The first-order valence-corrected chi connectivity index (χ1v) is 5.99. The molecule has 1 saturated carbocycles. The Morgan fingerprint density at radius 3 is 2.82 bits per heavy atom. The van der Waals surface area contributed by atoms with E-state index in [2.05, 4.69) is 10.1 Å². The van der Waals surface area contributed by atoms with Gasteiger partial charge in [0.25, 0.3) is 5.89 Å². The minimum Gasteiger partial charge on any atom is -0.455 e. The molecule has 2 aromatic rings. The van der Waals surface area contributed by atoms with Gasteiger partial charge in [0, 0.05) is 5.92 Å². The molecule has 0 bridgehead atoms. The average molecular weight is 233 g/mol. The van der Waals surface area contributed by atoms with Crippen LogP contribution in [0.2, 0.25) is 0 Å². The van der Waals surface area contributed by atoms with E-state index in [1.54, 1.807) is 0 Å². The van der Waals surface area contributed by atoms with E-state index in [0.717, 1.165) is 24.4 Å². The van der Waals surface area contributed by atoms with Gasteiger partial charge >= 0.3 is 0 Å². The molecule has 0 spiro atoms. The minimum atomic E-state index is 0.379. The van der Waals surface area contributed by atoms with Crippen molar-refractivity contribution in [2.75, 3.05) is 0 Å². The van der Waals surface area contributed by atoms with Gasteiger partial charge < -0.3 is 14.7 Å². The maximum absolute atomic E-state index is 5.49. The van der Waals surface area contributed by atoms with Crippen LogP contribution in [0.4, 0.5) is 0 Å². The first kappa shape index (κ1) is 10.5. The molecule has 1 fully saturated rings. The van der Waals surface area contributed by atoms with Gasteiger partial charge in [0.05, 0.1) is 6.54 Å². The quantitative estimate of drug-likeness (QED) is 0.880. The van der Waals surface area contributed by atoms with Gasteiger partial charge in [-0.15, -0.1) is 0 Å². The van der Waals surface area contributed by atoms with Crippen LogP contribution in [0, 0.1) is 0 Å². The first-order chi connectivity index (χ1) is 8.36. The van der Waals surface area contributed by atoms with E-state index in [1.807, 2.05) is 12.1 Å². The molecule has 0 aromatic carbocycles. The number of rotatable bonds is 3. The molecule has 17 heavy (non-hydrogen) atoms. The first-order valence-electron chi connectivity index (χ1n) is 5.99. The number of hydrogen-bond acceptors (Lipinski definition) is 5. The Hall–Kier alpha value is -1.62. The number of furan rings is 1. The van der Waals surface area contributed by atoms with Crippen molar-refractivity contribution in [1.82, 2.24) is 10.1 Å². The van der Waals surface area contributed by atoms with E-state index < -0.39 is 0 Å². The zero-order valence-corrected chi connectivity index (χ0v) is 9.56. The van der Waals surface area contributed by atoms with E-state index in [9.17, 15) is 0 Å². The summed E-state index contributed by atoms with van der Waals surface area (Å²) in [6.45, 7) is 0.379. The smallest absolute Gasteiger partial charge is 0.293 e. The van der Waals surface area contributed by atoms with Crippen molar-refractivity contribution in [3.8, 4) is 11.7 Å². The van der Waals surface area contributed by atoms with E-state index >= 15 is 0 Å². The molecule has 2 aromatic heterocycles. The monoisotopic (exact) mass is 233 g/mol. The molecule has 5 nitrogen and oxygen atoms in total. The van der Waals surface area contributed by atoms with Crippen LogP contribution in [0.3, 0.4) is 0 Å². The van der Waals surface area contributed by atoms with Crippen LogP contribution >= 0.6 is 0 Å². The van der Waals surface area contributed by atoms with Gasteiger partial charge in [-0.3, -0.25) is 0 Å². The molecule has 1 aliphatic rings. The average Bonchev–Trinajstić information content (AvgIpc) is 3.09. The highest BCUT2D eigenvalue weighted by molar-refractivity contribution is 5.44. The Labute approximate surface area is 99.0 Å². The topological polar surface area (TPSA) is 78.1 Å². The third-order valence-electron chi connectivity index (χ3n) is 3.24. The highest BCUT2D eigenvalue weighted by atomic mass is 16.5. The van der Waals surface area contributed by atoms with E-state index in [1.165, 1.54) is 12.8 Å². The molecular weight excluding hydrogens is 218 g/mol. The van der Waals surface area contributed by atoms with Crippen LogP contribution in [0.5, 0.6) is 0 Å². The third kappa shape index (κ3) is 1.98. The van der Waals surface area contributed by atoms with Gasteiger partial charge in [-0.05, 0) is 25.0 Å². The molecule has 2 heterocycles. The lowest BCUT2D eigenvalue weighted by atomic mass is 10.1. The van der Waals surface area contributed by atoms with Crippen LogP contribution in [-0.2, 0) is 6.54 Å². The summed E-state index contributed by atoms with van der Waals surface area (Å²) in [4.78, 5) is 4.40. The van der Waals surface area contributed by atoms with Gasteiger partial charge in [-0.1, -0.05) is 18.0 Å². The van der Waals surface area contributed by atoms with Crippen molar-refractivity contribution in [3.05, 3.63) is 23.7 Å². The number of hydrogen-bond donors (Lipinski definition) is 1. The lowest BCUT2D eigenvalue weighted by Gasteiger charge is -1.99. The maximum Gasteiger partial charge on any atom is 0.293 e. The maximum atomic E-state index is 5.49. The van der Waals surface area contributed by atoms with E-state index in [-0.39, 0.29) is 0 Å². The number of nitrogens with two attached hydrogens (primary N) is 1. The molecule has 0 aliphatic heterocycles. The van der Waals surface area contributed by atoms with Crippen molar-refractivity contribution in [3.63, 3.8) is 0 Å². The van der Waals surface area contributed by atoms with Crippen LogP contribution in [0.25, 0.3) is 11.7 Å². The van der Waals surface area contributed by atoms with Crippen molar-refractivity contribution in [2.24, 2.45) is 5.73 Å². The standard InChI is InChI=1S/C12H15N3O2/c13-7-9-5-6-10(16-9)12-14-11(15-17-12)8-3-1-2-4-8/h5-6,8H,1-4,7,13H2. The second kappa shape index (κ2) is 4.33. The molecule has 2 N–H and O–H groups in total. The summed E-state index contributed by atoms with van der Waals surface area (Å²) < 4.78 is 10.7. The largest absolute Gasteiger partial charge is 0.455 e. The highest BCUT2D eigenvalue weighted by Gasteiger charge is 2.23. The van der Waals surface area contributed by atoms with Crippen molar-refractivity contribution in [2.45, 2.75) is 38.1 Å². The second-order valence-electron chi connectivity index (χ2n) is 4.41. The Kier molecular flexibility index (Phi) is 2.68. The molecule has 3 rings (SSSR count). The van der Waals surface area contributed by atoms with Crippen molar-refractivity contribution in [1.29, 1.82) is 0 Å². The molecule has 90 valence electrons. The van der Waals surface area contributed by atoms with E-state index in [0.29, 0.717) is 24.1 Å². The molecule has 0 radical (unpaired) electrons. The van der Waals surface area contributed by atoms with Crippen LogP contribution in [0.15, 0.2) is 21.1 Å². The lowest BCUT2D eigenvalue weighted by Crippen LogP contribution is -1.94. The van der Waals surface area contributed by atoms with Gasteiger partial charge in [0.15, 0.2) is 11.6 Å². The fourth-order valence-corrected chi connectivity index (χ4v) is 2.29. The Morgan fingerprint density at radius 2 is 2.12 bits per heavy atom. The number of aromatic nitrogens is 2. The van der Waals surface area contributed by atoms with Gasteiger partial charge in [0.2, 0.25) is 0 Å². The molecule has 0 saturated heterocycles. The summed E-state index contributed by atoms with van der Waals surface area (Å²) in [7, 11) is 0. The summed E-state index contributed by atoms with van der Waals surface area (Å²) in [5, 5.41) is 4.03. The van der Waals surface area contributed by atoms with E-state index in [4.69, 9.17) is 14.7 Å². The molecule has 5 heteroatoms. The second-order valence-corrected chi connectivity index (χ2v) is 4.41. The lowest BCUT2D eigenvalue weighted by molar-refractivity contribution is 0.400. The predicted octanol–water partition coefficient (Wildman–Crippen LogP) is 2.45. The number of nitrogens with zero attached hydrogens (tertiary/aromatic N) is 2. The Bertz CT molecular complexity index is 497. The Balaban J connectivity index is 1.83. The summed E-state index contributed by atoms with van der Waals surface area (Å²) in [6, 6.07) is 3.64. The van der Waals surface area contributed by atoms with Crippen LogP contribution in [-0.4, -0.2) is 10.1 Å². The molecule has 0 unspecified atom stereocenters. The van der Waals surface area contributed by atoms with Crippen molar-refractivity contribution >= 4 is 0 Å². The zero-order chi connectivity index (χ0) is 11.7.